The lowest BCUT2D eigenvalue weighted by Gasteiger charge is -2.26. The molecule has 0 fully saturated rings. The number of aryl methyl sites for hydroxylation is 1. The Morgan fingerprint density at radius 1 is 0.413 bits per heavy atom. The van der Waals surface area contributed by atoms with Gasteiger partial charge in [0.05, 0.1) is 0 Å². The van der Waals surface area contributed by atoms with Gasteiger partial charge in [-0.25, -0.2) is 0 Å². The fourth-order valence-electron chi connectivity index (χ4n) is 6.81. The van der Waals surface area contributed by atoms with Crippen LogP contribution < -0.4 is 4.90 Å². The van der Waals surface area contributed by atoms with Gasteiger partial charge in [0.25, 0.3) is 0 Å². The van der Waals surface area contributed by atoms with Gasteiger partial charge in [0.1, 0.15) is 0 Å². The standard InChI is InChI=1S/C44H34N2/c1-2-45-42-21-10-9-19-41(42)44-40(20-12-22-43(44)45)36-15-11-18-39(31-36)46(37-16-7-4-8-17-37)38-29-27-35(28-30-38)34-25-23-33(24-26-34)32-13-5-3-6-14-32/h3-31H,2H2,1H3. The summed E-state index contributed by atoms with van der Waals surface area (Å²) in [6, 6.07) is 63.4. The van der Waals surface area contributed by atoms with Gasteiger partial charge in [0, 0.05) is 45.4 Å². The van der Waals surface area contributed by atoms with Crippen molar-refractivity contribution in [3.63, 3.8) is 0 Å². The van der Waals surface area contributed by atoms with Gasteiger partial charge in [-0.2, -0.15) is 0 Å². The highest BCUT2D eigenvalue weighted by Crippen LogP contribution is 2.41. The van der Waals surface area contributed by atoms with Gasteiger partial charge in [-0.15, -0.1) is 0 Å². The second-order valence-corrected chi connectivity index (χ2v) is 11.7. The second kappa shape index (κ2) is 11.9. The van der Waals surface area contributed by atoms with Crippen LogP contribution >= 0.6 is 0 Å². The molecule has 2 nitrogen and oxygen atoms in total. The van der Waals surface area contributed by atoms with Crippen molar-refractivity contribution in [3.05, 3.63) is 176 Å². The fraction of sp³-hybridized carbons (Fsp3) is 0.0455. The summed E-state index contributed by atoms with van der Waals surface area (Å²) in [5, 5.41) is 2.61. The third-order valence-electron chi connectivity index (χ3n) is 8.99. The van der Waals surface area contributed by atoms with Crippen molar-refractivity contribution in [1.82, 2.24) is 4.57 Å². The highest BCUT2D eigenvalue weighted by molar-refractivity contribution is 6.15. The largest absolute Gasteiger partial charge is 0.341 e. The molecule has 7 aromatic carbocycles. The molecule has 1 heterocycles. The van der Waals surface area contributed by atoms with E-state index in [2.05, 4.69) is 192 Å². The third-order valence-corrected chi connectivity index (χ3v) is 8.99. The molecule has 0 radical (unpaired) electrons. The van der Waals surface area contributed by atoms with E-state index in [4.69, 9.17) is 0 Å². The van der Waals surface area contributed by atoms with Crippen LogP contribution in [0.15, 0.2) is 176 Å². The van der Waals surface area contributed by atoms with Crippen LogP contribution in [0.3, 0.4) is 0 Å². The zero-order chi connectivity index (χ0) is 30.9. The smallest absolute Gasteiger partial charge is 0.0497 e. The molecule has 1 aromatic heterocycles. The molecule has 0 unspecified atom stereocenters. The maximum Gasteiger partial charge on any atom is 0.0497 e. The van der Waals surface area contributed by atoms with Crippen molar-refractivity contribution < 1.29 is 0 Å². The molecular weight excluding hydrogens is 556 g/mol. The summed E-state index contributed by atoms with van der Waals surface area (Å²) in [5.41, 5.74) is 13.3. The van der Waals surface area contributed by atoms with E-state index in [9.17, 15) is 0 Å². The van der Waals surface area contributed by atoms with Crippen LogP contribution in [0.25, 0.3) is 55.2 Å². The van der Waals surface area contributed by atoms with E-state index in [0.717, 1.165) is 23.6 Å². The molecule has 2 heteroatoms. The summed E-state index contributed by atoms with van der Waals surface area (Å²) in [7, 11) is 0. The number of aromatic nitrogens is 1. The van der Waals surface area contributed by atoms with Crippen molar-refractivity contribution in [3.8, 4) is 33.4 Å². The lowest BCUT2D eigenvalue weighted by Crippen LogP contribution is -2.09. The molecule has 0 aliphatic rings. The van der Waals surface area contributed by atoms with E-state index in [1.807, 2.05) is 0 Å². The van der Waals surface area contributed by atoms with E-state index < -0.39 is 0 Å². The molecule has 46 heavy (non-hydrogen) atoms. The van der Waals surface area contributed by atoms with E-state index in [-0.39, 0.29) is 0 Å². The predicted molar refractivity (Wildman–Crippen MR) is 196 cm³/mol. The molecular formula is C44H34N2. The van der Waals surface area contributed by atoms with E-state index in [1.165, 1.54) is 55.2 Å². The van der Waals surface area contributed by atoms with Gasteiger partial charge >= 0.3 is 0 Å². The molecule has 0 N–H and O–H groups in total. The number of hydrogen-bond donors (Lipinski definition) is 0. The SMILES string of the molecule is CCn1c2ccccc2c2c(-c3cccc(N(c4ccccc4)c4ccc(-c5ccc(-c6ccccc6)cc5)cc4)c3)cccc21. The van der Waals surface area contributed by atoms with Crippen LogP contribution in [0.2, 0.25) is 0 Å². The maximum absolute atomic E-state index is 2.42. The summed E-state index contributed by atoms with van der Waals surface area (Å²) in [6.07, 6.45) is 0. The Hall–Kier alpha value is -5.86. The second-order valence-electron chi connectivity index (χ2n) is 11.7. The number of nitrogens with zero attached hydrogens (tertiary/aromatic N) is 2. The summed E-state index contributed by atoms with van der Waals surface area (Å²) in [5.74, 6) is 0. The van der Waals surface area contributed by atoms with Gasteiger partial charge in [0.2, 0.25) is 0 Å². The summed E-state index contributed by atoms with van der Waals surface area (Å²) in [4.78, 5) is 2.35. The Morgan fingerprint density at radius 2 is 0.913 bits per heavy atom. The van der Waals surface area contributed by atoms with Crippen LogP contribution in [0.4, 0.5) is 17.1 Å². The highest BCUT2D eigenvalue weighted by atomic mass is 15.1. The van der Waals surface area contributed by atoms with Crippen molar-refractivity contribution in [2.75, 3.05) is 4.90 Å². The average molecular weight is 591 g/mol. The summed E-state index contributed by atoms with van der Waals surface area (Å²) >= 11 is 0. The molecule has 0 amide bonds. The Labute approximate surface area is 270 Å². The first-order valence-electron chi connectivity index (χ1n) is 16.0. The normalized spacial score (nSPS) is 11.2. The minimum Gasteiger partial charge on any atom is -0.341 e. The molecule has 0 saturated heterocycles. The zero-order valence-corrected chi connectivity index (χ0v) is 25.8. The molecule has 0 aliphatic carbocycles. The Kier molecular flexibility index (Phi) is 7.16. The monoisotopic (exact) mass is 590 g/mol. The molecule has 0 bridgehead atoms. The van der Waals surface area contributed by atoms with E-state index in [1.54, 1.807) is 0 Å². The minimum absolute atomic E-state index is 0.933. The minimum atomic E-state index is 0.933. The molecule has 8 rings (SSSR count). The van der Waals surface area contributed by atoms with E-state index in [0.29, 0.717) is 0 Å². The molecule has 0 spiro atoms. The lowest BCUT2D eigenvalue weighted by molar-refractivity contribution is 0.827. The number of para-hydroxylation sites is 2. The predicted octanol–water partition coefficient (Wildman–Crippen LogP) is 12.3. The summed E-state index contributed by atoms with van der Waals surface area (Å²) in [6.45, 7) is 3.16. The first-order valence-corrected chi connectivity index (χ1v) is 16.0. The maximum atomic E-state index is 2.42. The zero-order valence-electron chi connectivity index (χ0n) is 25.8. The topological polar surface area (TPSA) is 8.17 Å². The highest BCUT2D eigenvalue weighted by Gasteiger charge is 2.17. The number of fused-ring (bicyclic) bond motifs is 3. The molecule has 220 valence electrons. The van der Waals surface area contributed by atoms with E-state index >= 15 is 0 Å². The van der Waals surface area contributed by atoms with Crippen LogP contribution in [0.5, 0.6) is 0 Å². The van der Waals surface area contributed by atoms with Crippen molar-refractivity contribution in [2.24, 2.45) is 0 Å². The molecule has 0 atom stereocenters. The van der Waals surface area contributed by atoms with Crippen molar-refractivity contribution >= 4 is 38.9 Å². The van der Waals surface area contributed by atoms with Crippen LogP contribution in [0, 0.1) is 0 Å². The van der Waals surface area contributed by atoms with Crippen molar-refractivity contribution in [2.45, 2.75) is 13.5 Å². The number of benzene rings is 7. The molecule has 0 saturated carbocycles. The van der Waals surface area contributed by atoms with Gasteiger partial charge in [-0.1, -0.05) is 127 Å². The fourth-order valence-corrected chi connectivity index (χ4v) is 6.81. The van der Waals surface area contributed by atoms with Crippen LogP contribution in [0.1, 0.15) is 6.92 Å². The quantitative estimate of drug-likeness (QED) is 0.179. The third kappa shape index (κ3) is 4.95. The lowest BCUT2D eigenvalue weighted by atomic mass is 9.98. The van der Waals surface area contributed by atoms with Crippen LogP contribution in [-0.4, -0.2) is 4.57 Å². The number of hydrogen-bond acceptors (Lipinski definition) is 1. The van der Waals surface area contributed by atoms with Gasteiger partial charge in [-0.3, -0.25) is 0 Å². The molecule has 8 aromatic rings. The average Bonchev–Trinajstić information content (AvgIpc) is 3.47. The van der Waals surface area contributed by atoms with Gasteiger partial charge in [-0.05, 0) is 88.8 Å². The Morgan fingerprint density at radius 3 is 1.61 bits per heavy atom. The van der Waals surface area contributed by atoms with Gasteiger partial charge < -0.3 is 9.47 Å². The number of rotatable bonds is 7. The first-order chi connectivity index (χ1) is 22.8. The van der Waals surface area contributed by atoms with Gasteiger partial charge in [0.15, 0.2) is 0 Å². The Bertz CT molecular complexity index is 2260. The summed E-state index contributed by atoms with van der Waals surface area (Å²) < 4.78 is 2.42. The first kappa shape index (κ1) is 27.7. The van der Waals surface area contributed by atoms with Crippen LogP contribution in [-0.2, 0) is 6.54 Å². The molecule has 0 aliphatic heterocycles. The Balaban J connectivity index is 1.19. The van der Waals surface area contributed by atoms with Crippen molar-refractivity contribution in [1.29, 1.82) is 0 Å². The number of anilines is 3.